The summed E-state index contributed by atoms with van der Waals surface area (Å²) in [4.78, 5) is 22.3. The van der Waals surface area contributed by atoms with Crippen molar-refractivity contribution in [2.75, 3.05) is 6.54 Å². The molecule has 1 saturated carbocycles. The molecule has 1 fully saturated rings. The first-order chi connectivity index (χ1) is 13.1. The van der Waals surface area contributed by atoms with Crippen LogP contribution in [0, 0.1) is 10.1 Å². The Hall–Kier alpha value is -2.63. The molecule has 1 aliphatic carbocycles. The summed E-state index contributed by atoms with van der Waals surface area (Å²) in [5.41, 5.74) is -1.50. The number of nitrogens with one attached hydrogen (secondary N) is 1. The number of carbonyl (C=O) groups is 1. The van der Waals surface area contributed by atoms with E-state index in [2.05, 4.69) is 15.5 Å². The normalized spacial score (nSPS) is 14.3. The largest absolute Gasteiger partial charge is 0.436 e. The van der Waals surface area contributed by atoms with Gasteiger partial charge in [0.15, 0.2) is 5.69 Å². The molecule has 0 bridgehead atoms. The highest BCUT2D eigenvalue weighted by molar-refractivity contribution is 6.32. The van der Waals surface area contributed by atoms with Gasteiger partial charge in [-0.1, -0.05) is 11.6 Å². The second kappa shape index (κ2) is 7.41. The molecule has 13 heteroatoms. The Morgan fingerprint density at radius 1 is 1.43 bits per heavy atom. The van der Waals surface area contributed by atoms with Gasteiger partial charge in [0.25, 0.3) is 5.91 Å². The van der Waals surface area contributed by atoms with Crippen LogP contribution in [0.3, 0.4) is 0 Å². The van der Waals surface area contributed by atoms with Crippen molar-refractivity contribution in [3.05, 3.63) is 38.4 Å². The van der Waals surface area contributed by atoms with Gasteiger partial charge in [-0.3, -0.25) is 24.3 Å². The topological polar surface area (TPSA) is 108 Å². The van der Waals surface area contributed by atoms with Gasteiger partial charge >= 0.3 is 11.9 Å². The van der Waals surface area contributed by atoms with Crippen LogP contribution in [0.1, 0.15) is 47.1 Å². The van der Waals surface area contributed by atoms with E-state index in [0.29, 0.717) is 5.69 Å². The van der Waals surface area contributed by atoms with Gasteiger partial charge in [-0.05, 0) is 19.3 Å². The Morgan fingerprint density at radius 2 is 2.11 bits per heavy atom. The lowest BCUT2D eigenvalue weighted by Gasteiger charge is -2.07. The number of nitro groups is 1. The van der Waals surface area contributed by atoms with Crippen LogP contribution in [0.4, 0.5) is 18.9 Å². The summed E-state index contributed by atoms with van der Waals surface area (Å²) in [5, 5.41) is 20.4. The Labute approximate surface area is 161 Å². The van der Waals surface area contributed by atoms with Gasteiger partial charge in [-0.15, -0.1) is 0 Å². The molecule has 0 radical (unpaired) electrons. The number of aromatic nitrogens is 4. The molecule has 1 amide bonds. The van der Waals surface area contributed by atoms with Crippen LogP contribution in [0.2, 0.25) is 5.02 Å². The zero-order chi connectivity index (χ0) is 20.6. The average Bonchev–Trinajstić information content (AvgIpc) is 3.25. The first kappa shape index (κ1) is 20.1. The molecule has 152 valence electrons. The minimum Gasteiger partial charge on any atom is -0.350 e. The Kier molecular flexibility index (Phi) is 5.33. The van der Waals surface area contributed by atoms with Gasteiger partial charge in [-0.25, -0.2) is 0 Å². The molecule has 0 atom stereocenters. The minimum absolute atomic E-state index is 0.0399. The summed E-state index contributed by atoms with van der Waals surface area (Å²) < 4.78 is 41.5. The molecular formula is C15H16ClF3N6O3. The van der Waals surface area contributed by atoms with E-state index in [1.165, 1.54) is 11.7 Å². The molecule has 1 aliphatic rings. The summed E-state index contributed by atoms with van der Waals surface area (Å²) >= 11 is 5.89. The maximum absolute atomic E-state index is 13.0. The molecule has 3 rings (SSSR count). The Morgan fingerprint density at radius 3 is 2.68 bits per heavy atom. The van der Waals surface area contributed by atoms with E-state index in [0.717, 1.165) is 23.7 Å². The molecule has 0 spiro atoms. The molecule has 1 N–H and O–H groups in total. The van der Waals surface area contributed by atoms with E-state index < -0.39 is 28.4 Å². The lowest BCUT2D eigenvalue weighted by Crippen LogP contribution is -2.26. The van der Waals surface area contributed by atoms with Crippen LogP contribution in [-0.2, 0) is 19.8 Å². The summed E-state index contributed by atoms with van der Waals surface area (Å²) in [6, 6.07) is 0. The number of carbonyl (C=O) groups excluding carboxylic acids is 1. The molecule has 0 unspecified atom stereocenters. The predicted octanol–water partition coefficient (Wildman–Crippen LogP) is 2.89. The van der Waals surface area contributed by atoms with Crippen molar-refractivity contribution < 1.29 is 22.9 Å². The molecule has 2 aromatic heterocycles. The summed E-state index contributed by atoms with van der Waals surface area (Å²) in [6.45, 7) is 0.196. The average molecular weight is 421 g/mol. The fourth-order valence-electron chi connectivity index (χ4n) is 2.84. The van der Waals surface area contributed by atoms with Gasteiger partial charge in [0.1, 0.15) is 6.20 Å². The van der Waals surface area contributed by atoms with Crippen molar-refractivity contribution in [2.24, 2.45) is 7.05 Å². The number of halogens is 4. The monoisotopic (exact) mass is 420 g/mol. The Balaban J connectivity index is 1.63. The molecule has 9 nitrogen and oxygen atoms in total. The first-order valence-corrected chi connectivity index (χ1v) is 8.77. The number of nitrogens with zero attached hydrogens (tertiary/aromatic N) is 5. The molecule has 0 aliphatic heterocycles. The van der Waals surface area contributed by atoms with Crippen molar-refractivity contribution in [2.45, 2.75) is 37.9 Å². The van der Waals surface area contributed by atoms with Crippen molar-refractivity contribution in [1.82, 2.24) is 24.9 Å². The first-order valence-electron chi connectivity index (χ1n) is 8.39. The smallest absolute Gasteiger partial charge is 0.350 e. The SMILES string of the molecule is Cn1cc([N+](=O)[O-])c(C(=O)NCCCn2nc(C(F)(F)F)c(Cl)c2C2CC2)n1. The third kappa shape index (κ3) is 4.11. The van der Waals surface area contributed by atoms with Gasteiger partial charge in [0.2, 0.25) is 5.69 Å². The van der Waals surface area contributed by atoms with E-state index >= 15 is 0 Å². The lowest BCUT2D eigenvalue weighted by molar-refractivity contribution is -0.385. The third-order valence-corrected chi connectivity index (χ3v) is 4.59. The molecule has 0 saturated heterocycles. The van der Waals surface area contributed by atoms with Crippen molar-refractivity contribution in [3.63, 3.8) is 0 Å². The van der Waals surface area contributed by atoms with Crippen LogP contribution < -0.4 is 5.32 Å². The molecular weight excluding hydrogens is 405 g/mol. The van der Waals surface area contributed by atoms with Gasteiger partial charge in [-0.2, -0.15) is 23.4 Å². The van der Waals surface area contributed by atoms with Gasteiger partial charge < -0.3 is 5.32 Å². The fourth-order valence-corrected chi connectivity index (χ4v) is 3.23. The molecule has 2 aromatic rings. The second-order valence-electron chi connectivity index (χ2n) is 6.45. The summed E-state index contributed by atoms with van der Waals surface area (Å²) in [6.07, 6.45) is -1.76. The lowest BCUT2D eigenvalue weighted by atomic mass is 10.2. The minimum atomic E-state index is -4.64. The highest BCUT2D eigenvalue weighted by Gasteiger charge is 2.41. The standard InChI is InChI=1S/C15H16ClF3N6O3/c1-23-7-9(25(27)28)11(21-23)14(26)20-5-2-6-24-12(8-3-4-8)10(16)13(22-24)15(17,18)19/h7-8H,2-6H2,1H3,(H,20,26). The van der Waals surface area contributed by atoms with Crippen LogP contribution in [-0.4, -0.2) is 36.9 Å². The molecule has 0 aromatic carbocycles. The van der Waals surface area contributed by atoms with E-state index in [1.807, 2.05) is 0 Å². The van der Waals surface area contributed by atoms with Gasteiger partial charge in [0, 0.05) is 26.1 Å². The number of amides is 1. The zero-order valence-electron chi connectivity index (χ0n) is 14.7. The fraction of sp³-hybridized carbons (Fsp3) is 0.533. The number of rotatable bonds is 7. The van der Waals surface area contributed by atoms with E-state index in [4.69, 9.17) is 11.6 Å². The van der Waals surface area contributed by atoms with Crippen LogP contribution in [0.5, 0.6) is 0 Å². The third-order valence-electron chi connectivity index (χ3n) is 4.22. The van der Waals surface area contributed by atoms with E-state index in [1.54, 1.807) is 0 Å². The summed E-state index contributed by atoms with van der Waals surface area (Å²) in [5.74, 6) is -0.772. The predicted molar refractivity (Wildman–Crippen MR) is 91.0 cm³/mol. The summed E-state index contributed by atoms with van der Waals surface area (Å²) in [7, 11) is 1.45. The number of alkyl halides is 3. The van der Waals surface area contributed by atoms with Crippen molar-refractivity contribution >= 4 is 23.2 Å². The zero-order valence-corrected chi connectivity index (χ0v) is 15.4. The highest BCUT2D eigenvalue weighted by atomic mass is 35.5. The van der Waals surface area contributed by atoms with Crippen LogP contribution in [0.15, 0.2) is 6.20 Å². The Bertz CT molecular complexity index is 919. The molecule has 28 heavy (non-hydrogen) atoms. The number of hydrogen-bond donors (Lipinski definition) is 1. The number of aryl methyl sites for hydroxylation is 2. The van der Waals surface area contributed by atoms with E-state index in [9.17, 15) is 28.1 Å². The van der Waals surface area contributed by atoms with Crippen molar-refractivity contribution in [1.29, 1.82) is 0 Å². The van der Waals surface area contributed by atoms with Crippen LogP contribution >= 0.6 is 11.6 Å². The highest BCUT2D eigenvalue weighted by Crippen LogP contribution is 2.46. The quantitative estimate of drug-likeness (QED) is 0.421. The maximum Gasteiger partial charge on any atom is 0.436 e. The van der Waals surface area contributed by atoms with Gasteiger partial charge in [0.05, 0.1) is 15.6 Å². The van der Waals surface area contributed by atoms with E-state index in [-0.39, 0.29) is 36.1 Å². The number of hydrogen-bond acceptors (Lipinski definition) is 5. The molecule has 2 heterocycles. The second-order valence-corrected chi connectivity index (χ2v) is 6.82. The maximum atomic E-state index is 13.0. The van der Waals surface area contributed by atoms with Crippen molar-refractivity contribution in [3.8, 4) is 0 Å². The van der Waals surface area contributed by atoms with Crippen LogP contribution in [0.25, 0.3) is 0 Å².